The number of thioether (sulfide) groups is 1. The lowest BCUT2D eigenvalue weighted by Gasteiger charge is -1.97. The van der Waals surface area contributed by atoms with Crippen molar-refractivity contribution in [3.63, 3.8) is 0 Å². The smallest absolute Gasteiger partial charge is 0.312 e. The molecule has 0 fully saturated rings. The van der Waals surface area contributed by atoms with E-state index < -0.39 is 0 Å². The van der Waals surface area contributed by atoms with Crippen LogP contribution in [0.5, 0.6) is 5.88 Å². The van der Waals surface area contributed by atoms with Crippen molar-refractivity contribution in [3.05, 3.63) is 5.38 Å². The van der Waals surface area contributed by atoms with Gasteiger partial charge in [0, 0.05) is 6.42 Å². The Balaban J connectivity index is 2.49. The van der Waals surface area contributed by atoms with Crippen LogP contribution in [-0.4, -0.2) is 17.2 Å². The molecule has 72 valence electrons. The molecular formula is C8H11NO2S2. The van der Waals surface area contributed by atoms with E-state index in [1.165, 1.54) is 11.3 Å². The molecule has 0 saturated heterocycles. The van der Waals surface area contributed by atoms with Crippen molar-refractivity contribution in [1.82, 2.24) is 4.98 Å². The van der Waals surface area contributed by atoms with Gasteiger partial charge in [-0.05, 0) is 12.7 Å². The zero-order chi connectivity index (χ0) is 9.68. The molecule has 0 spiro atoms. The molecule has 0 aliphatic heterocycles. The van der Waals surface area contributed by atoms with Crippen molar-refractivity contribution in [1.29, 1.82) is 0 Å². The minimum Gasteiger partial charge on any atom is -0.406 e. The van der Waals surface area contributed by atoms with Gasteiger partial charge in [0.05, 0.1) is 5.38 Å². The lowest BCUT2D eigenvalue weighted by molar-refractivity contribution is -0.134. The second-order valence-corrected chi connectivity index (χ2v) is 4.29. The van der Waals surface area contributed by atoms with E-state index in [9.17, 15) is 4.79 Å². The molecule has 0 aromatic carbocycles. The van der Waals surface area contributed by atoms with Crippen molar-refractivity contribution in [2.45, 2.75) is 24.1 Å². The van der Waals surface area contributed by atoms with Gasteiger partial charge >= 0.3 is 5.97 Å². The summed E-state index contributed by atoms with van der Waals surface area (Å²) in [5.74, 6) is 0.216. The first-order valence-electron chi connectivity index (χ1n) is 3.96. The summed E-state index contributed by atoms with van der Waals surface area (Å²) >= 11 is 3.03. The summed E-state index contributed by atoms with van der Waals surface area (Å²) in [6, 6.07) is 0. The second-order valence-electron chi connectivity index (χ2n) is 2.38. The van der Waals surface area contributed by atoms with Crippen molar-refractivity contribution in [3.8, 4) is 5.88 Å². The molecule has 1 heterocycles. The first kappa shape index (κ1) is 10.5. The van der Waals surface area contributed by atoms with E-state index >= 15 is 0 Å². The fraction of sp³-hybridized carbons (Fsp3) is 0.500. The molecule has 0 saturated carbocycles. The van der Waals surface area contributed by atoms with Gasteiger partial charge in [0.1, 0.15) is 0 Å². The van der Waals surface area contributed by atoms with Gasteiger partial charge in [-0.15, -0.1) is 11.3 Å². The van der Waals surface area contributed by atoms with Gasteiger partial charge in [-0.1, -0.05) is 18.7 Å². The molecule has 0 aliphatic rings. The van der Waals surface area contributed by atoms with Crippen LogP contribution in [0.2, 0.25) is 0 Å². The van der Waals surface area contributed by atoms with Crippen molar-refractivity contribution < 1.29 is 9.53 Å². The van der Waals surface area contributed by atoms with E-state index in [1.807, 2.05) is 13.2 Å². The summed E-state index contributed by atoms with van der Waals surface area (Å²) in [5.41, 5.74) is 0. The molecule has 5 heteroatoms. The molecule has 1 aromatic rings. The highest BCUT2D eigenvalue weighted by Gasteiger charge is 2.06. The minimum atomic E-state index is -0.208. The van der Waals surface area contributed by atoms with Gasteiger partial charge < -0.3 is 4.74 Å². The quantitative estimate of drug-likeness (QED) is 0.574. The van der Waals surface area contributed by atoms with Gasteiger partial charge in [0.25, 0.3) is 0 Å². The number of carbonyl (C=O) groups excluding carboxylic acids is 1. The Bertz CT molecular complexity index is 285. The van der Waals surface area contributed by atoms with Gasteiger partial charge in [-0.25, -0.2) is 0 Å². The Kier molecular flexibility index (Phi) is 4.24. The molecule has 1 aromatic heterocycles. The maximum absolute atomic E-state index is 11.0. The number of esters is 1. The van der Waals surface area contributed by atoms with E-state index in [4.69, 9.17) is 4.74 Å². The molecule has 3 nitrogen and oxygen atoms in total. The van der Waals surface area contributed by atoms with Crippen LogP contribution in [0.4, 0.5) is 0 Å². The van der Waals surface area contributed by atoms with Gasteiger partial charge in [0.2, 0.25) is 5.88 Å². The molecule has 0 bridgehead atoms. The third kappa shape index (κ3) is 3.36. The topological polar surface area (TPSA) is 39.2 Å². The highest BCUT2D eigenvalue weighted by atomic mass is 32.2. The third-order valence-electron chi connectivity index (χ3n) is 1.31. The third-order valence-corrected chi connectivity index (χ3v) is 3.15. The number of carbonyl (C=O) groups is 1. The summed E-state index contributed by atoms with van der Waals surface area (Å²) in [5, 5.41) is 1.75. The van der Waals surface area contributed by atoms with E-state index in [2.05, 4.69) is 4.98 Å². The summed E-state index contributed by atoms with van der Waals surface area (Å²) in [6.07, 6.45) is 3.20. The predicted molar refractivity (Wildman–Crippen MR) is 54.4 cm³/mol. The Morgan fingerprint density at radius 3 is 3.08 bits per heavy atom. The van der Waals surface area contributed by atoms with E-state index in [-0.39, 0.29) is 5.97 Å². The van der Waals surface area contributed by atoms with Crippen LogP contribution in [0.1, 0.15) is 19.8 Å². The molecule has 1 rings (SSSR count). The van der Waals surface area contributed by atoms with Gasteiger partial charge in [-0.2, -0.15) is 4.98 Å². The summed E-state index contributed by atoms with van der Waals surface area (Å²) in [6.45, 7) is 1.94. The predicted octanol–water partition coefficient (Wildman–Crippen LogP) is 2.57. The first-order valence-corrected chi connectivity index (χ1v) is 6.07. The Morgan fingerprint density at radius 1 is 1.77 bits per heavy atom. The molecule has 0 radical (unpaired) electrons. The van der Waals surface area contributed by atoms with Crippen LogP contribution in [0, 0.1) is 0 Å². The van der Waals surface area contributed by atoms with Gasteiger partial charge in [-0.3, -0.25) is 4.79 Å². The molecule has 0 N–H and O–H groups in total. The van der Waals surface area contributed by atoms with Crippen LogP contribution < -0.4 is 4.74 Å². The van der Waals surface area contributed by atoms with Crippen LogP contribution in [-0.2, 0) is 4.79 Å². The lowest BCUT2D eigenvalue weighted by Crippen LogP contribution is -2.06. The average molecular weight is 217 g/mol. The number of aromatic nitrogens is 1. The van der Waals surface area contributed by atoms with Crippen molar-refractivity contribution >= 4 is 29.1 Å². The van der Waals surface area contributed by atoms with E-state index in [1.54, 1.807) is 17.1 Å². The highest BCUT2D eigenvalue weighted by molar-refractivity contribution is 8.00. The summed E-state index contributed by atoms with van der Waals surface area (Å²) in [7, 11) is 0. The first-order chi connectivity index (χ1) is 6.26. The highest BCUT2D eigenvalue weighted by Crippen LogP contribution is 2.24. The monoisotopic (exact) mass is 217 g/mol. The Morgan fingerprint density at radius 2 is 2.54 bits per heavy atom. The SMILES string of the molecule is CCCC(=O)Oc1csc(SC)n1. The number of ether oxygens (including phenoxy) is 1. The fourth-order valence-electron chi connectivity index (χ4n) is 0.756. The number of thiazole rings is 1. The van der Waals surface area contributed by atoms with Crippen LogP contribution >= 0.6 is 23.1 Å². The zero-order valence-electron chi connectivity index (χ0n) is 7.57. The summed E-state index contributed by atoms with van der Waals surface area (Å²) < 4.78 is 5.90. The molecule has 0 aliphatic carbocycles. The lowest BCUT2D eigenvalue weighted by atomic mass is 10.3. The maximum atomic E-state index is 11.0. The number of hydrogen-bond donors (Lipinski definition) is 0. The molecule has 0 amide bonds. The molecule has 0 atom stereocenters. The normalized spacial score (nSPS) is 10.0. The van der Waals surface area contributed by atoms with Crippen LogP contribution in [0.15, 0.2) is 9.72 Å². The van der Waals surface area contributed by atoms with Crippen molar-refractivity contribution in [2.24, 2.45) is 0 Å². The van der Waals surface area contributed by atoms with E-state index in [0.29, 0.717) is 12.3 Å². The van der Waals surface area contributed by atoms with Crippen molar-refractivity contribution in [2.75, 3.05) is 6.26 Å². The largest absolute Gasteiger partial charge is 0.406 e. The summed E-state index contributed by atoms with van der Waals surface area (Å²) in [4.78, 5) is 15.1. The van der Waals surface area contributed by atoms with E-state index in [0.717, 1.165) is 10.8 Å². The molecular weight excluding hydrogens is 206 g/mol. The standard InChI is InChI=1S/C8H11NO2S2/c1-3-4-7(10)11-6-5-13-8(9-6)12-2/h5H,3-4H2,1-2H3. The average Bonchev–Trinajstić information content (AvgIpc) is 2.52. The molecule has 0 unspecified atom stereocenters. The molecule has 13 heavy (non-hydrogen) atoms. The minimum absolute atomic E-state index is 0.208. The number of nitrogens with zero attached hydrogens (tertiary/aromatic N) is 1. The van der Waals surface area contributed by atoms with Crippen LogP contribution in [0.25, 0.3) is 0 Å². The maximum Gasteiger partial charge on any atom is 0.312 e. The number of rotatable bonds is 4. The Labute approximate surface area is 85.5 Å². The second kappa shape index (κ2) is 5.24. The zero-order valence-corrected chi connectivity index (χ0v) is 9.20. The van der Waals surface area contributed by atoms with Gasteiger partial charge in [0.15, 0.2) is 4.34 Å². The fourth-order valence-corrected chi connectivity index (χ4v) is 1.91. The Hall–Kier alpha value is -0.550. The van der Waals surface area contributed by atoms with Crippen LogP contribution in [0.3, 0.4) is 0 Å². The number of hydrogen-bond acceptors (Lipinski definition) is 5.